The zero-order chi connectivity index (χ0) is 25.2. The lowest BCUT2D eigenvalue weighted by Crippen LogP contribution is -2.41. The first-order valence-electron chi connectivity index (χ1n) is 11.5. The first-order chi connectivity index (χ1) is 16.7. The molecule has 8 nitrogen and oxygen atoms in total. The zero-order valence-corrected chi connectivity index (χ0v) is 20.9. The van der Waals surface area contributed by atoms with Crippen LogP contribution in [0.15, 0.2) is 65.7 Å². The zero-order valence-electron chi connectivity index (χ0n) is 20.0. The van der Waals surface area contributed by atoms with Crippen LogP contribution in [0, 0.1) is 12.8 Å². The summed E-state index contributed by atoms with van der Waals surface area (Å²) in [6.45, 7) is 2.27. The highest BCUT2D eigenvalue weighted by molar-refractivity contribution is 7.89. The van der Waals surface area contributed by atoms with Crippen molar-refractivity contribution >= 4 is 32.8 Å². The standard InChI is InChI=1S/C26H29N3O5S/c1-18-16-21-10-7-11-22(23(21)27-17-18)35(32,33)29-14-12-20(13-15-29)26(31)34-24(25(30)28(2)3)19-8-5-4-6-9-19/h4-11,16-17,20,24H,12-15H2,1-3H3. The Bertz CT molecular complexity index is 1330. The van der Waals surface area contributed by atoms with Gasteiger partial charge in [0.15, 0.2) is 0 Å². The Morgan fingerprint density at radius 3 is 2.40 bits per heavy atom. The van der Waals surface area contributed by atoms with Crippen molar-refractivity contribution in [3.63, 3.8) is 0 Å². The number of rotatable bonds is 6. The summed E-state index contributed by atoms with van der Waals surface area (Å²) in [4.78, 5) is 31.6. The molecule has 0 spiro atoms. The van der Waals surface area contributed by atoms with Crippen molar-refractivity contribution in [3.8, 4) is 0 Å². The SMILES string of the molecule is Cc1cnc2c(S(=O)(=O)N3CCC(C(=O)OC(C(=O)N(C)C)c4ccccc4)CC3)cccc2c1. The van der Waals surface area contributed by atoms with E-state index in [1.54, 1.807) is 56.7 Å². The number of fused-ring (bicyclic) bond motifs is 1. The third-order valence-electron chi connectivity index (χ3n) is 6.22. The Balaban J connectivity index is 1.47. The molecule has 0 radical (unpaired) electrons. The van der Waals surface area contributed by atoms with Crippen molar-refractivity contribution in [1.29, 1.82) is 0 Å². The van der Waals surface area contributed by atoms with E-state index in [1.807, 2.05) is 25.1 Å². The molecule has 0 bridgehead atoms. The van der Waals surface area contributed by atoms with Crippen LogP contribution in [0.2, 0.25) is 0 Å². The minimum Gasteiger partial charge on any atom is -0.447 e. The summed E-state index contributed by atoms with van der Waals surface area (Å²) in [6.07, 6.45) is 1.24. The van der Waals surface area contributed by atoms with Gasteiger partial charge in [-0.2, -0.15) is 4.31 Å². The van der Waals surface area contributed by atoms with E-state index >= 15 is 0 Å². The Kier molecular flexibility index (Phi) is 7.18. The third-order valence-corrected chi connectivity index (χ3v) is 8.15. The van der Waals surface area contributed by atoms with Crippen LogP contribution in [-0.2, 0) is 24.3 Å². The maximum atomic E-state index is 13.4. The van der Waals surface area contributed by atoms with E-state index in [-0.39, 0.29) is 23.9 Å². The molecule has 9 heteroatoms. The molecule has 2 heterocycles. The number of hydrogen-bond acceptors (Lipinski definition) is 6. The molecule has 3 aromatic rings. The highest BCUT2D eigenvalue weighted by atomic mass is 32.2. The van der Waals surface area contributed by atoms with E-state index in [1.165, 1.54) is 9.21 Å². The fourth-order valence-electron chi connectivity index (χ4n) is 4.26. The normalized spacial score (nSPS) is 16.1. The van der Waals surface area contributed by atoms with E-state index in [0.717, 1.165) is 10.9 Å². The highest BCUT2D eigenvalue weighted by Gasteiger charge is 2.36. The Morgan fingerprint density at radius 2 is 1.74 bits per heavy atom. The summed E-state index contributed by atoms with van der Waals surface area (Å²) in [5.41, 5.74) is 1.98. The maximum absolute atomic E-state index is 13.4. The minimum atomic E-state index is -3.78. The lowest BCUT2D eigenvalue weighted by Gasteiger charge is -2.31. The number of aromatic nitrogens is 1. The molecule has 1 saturated heterocycles. The summed E-state index contributed by atoms with van der Waals surface area (Å²) in [5.74, 6) is -1.31. The lowest BCUT2D eigenvalue weighted by atomic mass is 9.98. The number of ether oxygens (including phenoxy) is 1. The van der Waals surface area contributed by atoms with Gasteiger partial charge in [0.1, 0.15) is 4.90 Å². The van der Waals surface area contributed by atoms with Crippen LogP contribution in [0.25, 0.3) is 10.9 Å². The van der Waals surface area contributed by atoms with E-state index in [4.69, 9.17) is 4.74 Å². The second-order valence-corrected chi connectivity index (χ2v) is 10.9. The number of pyridine rings is 1. The molecular weight excluding hydrogens is 466 g/mol. The molecule has 0 saturated carbocycles. The molecule has 35 heavy (non-hydrogen) atoms. The first kappa shape index (κ1) is 24.8. The molecule has 0 N–H and O–H groups in total. The number of likely N-dealkylation sites (N-methyl/N-ethyl adjacent to an activating group) is 1. The van der Waals surface area contributed by atoms with Crippen LogP contribution in [0.3, 0.4) is 0 Å². The van der Waals surface area contributed by atoms with Crippen molar-refractivity contribution in [2.45, 2.75) is 30.8 Å². The number of benzene rings is 2. The predicted octanol–water partition coefficient (Wildman–Crippen LogP) is 3.32. The molecule has 1 aliphatic heterocycles. The van der Waals surface area contributed by atoms with Crippen LogP contribution >= 0.6 is 0 Å². The van der Waals surface area contributed by atoms with Crippen LogP contribution in [0.5, 0.6) is 0 Å². The number of esters is 1. The number of aryl methyl sites for hydroxylation is 1. The lowest BCUT2D eigenvalue weighted by molar-refractivity contribution is -0.164. The molecule has 0 aliphatic carbocycles. The molecule has 2 aromatic carbocycles. The van der Waals surface area contributed by atoms with Crippen molar-refractivity contribution in [1.82, 2.24) is 14.2 Å². The van der Waals surface area contributed by atoms with Gasteiger partial charge in [-0.3, -0.25) is 14.6 Å². The predicted molar refractivity (Wildman–Crippen MR) is 132 cm³/mol. The van der Waals surface area contributed by atoms with Gasteiger partial charge in [0.05, 0.1) is 11.4 Å². The number of nitrogens with zero attached hydrogens (tertiary/aromatic N) is 3. The van der Waals surface area contributed by atoms with Gasteiger partial charge < -0.3 is 9.64 Å². The van der Waals surface area contributed by atoms with Gasteiger partial charge in [0.2, 0.25) is 16.1 Å². The molecule has 4 rings (SSSR count). The summed E-state index contributed by atoms with van der Waals surface area (Å²) in [7, 11) is -0.563. The number of sulfonamides is 1. The molecule has 1 aliphatic rings. The third kappa shape index (κ3) is 5.21. The number of piperidine rings is 1. The second-order valence-electron chi connectivity index (χ2n) is 8.98. The molecule has 1 fully saturated rings. The molecule has 1 atom stereocenters. The summed E-state index contributed by atoms with van der Waals surface area (Å²) < 4.78 is 33.9. The molecule has 184 valence electrons. The molecule has 1 unspecified atom stereocenters. The van der Waals surface area contributed by atoms with Gasteiger partial charge >= 0.3 is 5.97 Å². The quantitative estimate of drug-likeness (QED) is 0.487. The smallest absolute Gasteiger partial charge is 0.310 e. The largest absolute Gasteiger partial charge is 0.447 e. The van der Waals surface area contributed by atoms with Gasteiger partial charge in [-0.25, -0.2) is 8.42 Å². The second kappa shape index (κ2) is 10.1. The van der Waals surface area contributed by atoms with E-state index in [0.29, 0.717) is 23.9 Å². The average Bonchev–Trinajstić information content (AvgIpc) is 2.86. The summed E-state index contributed by atoms with van der Waals surface area (Å²) in [5, 5.41) is 0.766. The minimum absolute atomic E-state index is 0.164. The van der Waals surface area contributed by atoms with Gasteiger partial charge in [0, 0.05) is 44.3 Å². The molecule has 1 amide bonds. The van der Waals surface area contributed by atoms with E-state index < -0.39 is 28.0 Å². The van der Waals surface area contributed by atoms with Gasteiger partial charge in [-0.1, -0.05) is 42.5 Å². The fourth-order valence-corrected chi connectivity index (χ4v) is 5.89. The Hall–Kier alpha value is -3.30. The highest BCUT2D eigenvalue weighted by Crippen LogP contribution is 2.30. The maximum Gasteiger partial charge on any atom is 0.310 e. The van der Waals surface area contributed by atoms with Gasteiger partial charge in [0.25, 0.3) is 5.91 Å². The topological polar surface area (TPSA) is 96.9 Å². The Morgan fingerprint density at radius 1 is 1.06 bits per heavy atom. The first-order valence-corrected chi connectivity index (χ1v) is 12.9. The van der Waals surface area contributed by atoms with Crippen molar-refractivity contribution in [2.24, 2.45) is 5.92 Å². The van der Waals surface area contributed by atoms with Gasteiger partial charge in [-0.15, -0.1) is 0 Å². The molecule has 1 aromatic heterocycles. The van der Waals surface area contributed by atoms with Crippen molar-refractivity contribution in [2.75, 3.05) is 27.2 Å². The van der Waals surface area contributed by atoms with Crippen molar-refractivity contribution in [3.05, 3.63) is 71.9 Å². The van der Waals surface area contributed by atoms with Crippen LogP contribution in [-0.4, -0.2) is 61.7 Å². The molecular formula is C26H29N3O5S. The number of carbonyl (C=O) groups excluding carboxylic acids is 2. The number of carbonyl (C=O) groups is 2. The average molecular weight is 496 g/mol. The van der Waals surface area contributed by atoms with Crippen LogP contribution in [0.4, 0.5) is 0 Å². The van der Waals surface area contributed by atoms with Crippen molar-refractivity contribution < 1.29 is 22.7 Å². The summed E-state index contributed by atoms with van der Waals surface area (Å²) >= 11 is 0. The van der Waals surface area contributed by atoms with Crippen LogP contribution < -0.4 is 0 Å². The number of hydrogen-bond donors (Lipinski definition) is 0. The van der Waals surface area contributed by atoms with E-state index in [2.05, 4.69) is 4.98 Å². The number of para-hydroxylation sites is 1. The van der Waals surface area contributed by atoms with E-state index in [9.17, 15) is 18.0 Å². The fraction of sp³-hybridized carbons (Fsp3) is 0.346. The summed E-state index contributed by atoms with van der Waals surface area (Å²) in [6, 6.07) is 15.9. The Labute approximate surface area is 205 Å². The monoisotopic (exact) mass is 495 g/mol. The van der Waals surface area contributed by atoms with Crippen LogP contribution in [0.1, 0.15) is 30.1 Å². The number of amides is 1. The van der Waals surface area contributed by atoms with Gasteiger partial charge in [-0.05, 0) is 37.5 Å².